The first-order valence-electron chi connectivity index (χ1n) is 6.85. The molecular weight excluding hydrogens is 298 g/mol. The Morgan fingerprint density at radius 1 is 1.05 bits per heavy atom. The van der Waals surface area contributed by atoms with Crippen molar-refractivity contribution in [2.75, 3.05) is 0 Å². The molecule has 0 spiro atoms. The highest BCUT2D eigenvalue weighted by Gasteiger charge is 2.20. The molecule has 0 aliphatic heterocycles. The van der Waals surface area contributed by atoms with Gasteiger partial charge in [0.15, 0.2) is 5.58 Å². The summed E-state index contributed by atoms with van der Waals surface area (Å²) in [6.45, 7) is 0. The van der Waals surface area contributed by atoms with Crippen LogP contribution in [0.3, 0.4) is 0 Å². The molecule has 5 heteroatoms. The van der Waals surface area contributed by atoms with Crippen LogP contribution in [-0.4, -0.2) is 14.8 Å². The molecule has 0 saturated heterocycles. The van der Waals surface area contributed by atoms with E-state index >= 15 is 0 Å². The van der Waals surface area contributed by atoms with Crippen LogP contribution in [0.25, 0.3) is 33.4 Å². The Bertz CT molecular complexity index is 957. The van der Waals surface area contributed by atoms with Crippen molar-refractivity contribution in [3.05, 3.63) is 60.2 Å². The van der Waals surface area contributed by atoms with Crippen molar-refractivity contribution in [3.63, 3.8) is 0 Å². The Morgan fingerprint density at radius 2 is 1.86 bits per heavy atom. The number of pyridine rings is 1. The second-order valence-corrected chi connectivity index (χ2v) is 5.41. The topological polar surface area (TPSA) is 43.9 Å². The molecule has 4 aromatic rings. The molecule has 22 heavy (non-hydrogen) atoms. The number of hydrogen-bond donors (Lipinski definition) is 0. The maximum absolute atomic E-state index is 6.47. The number of halogens is 1. The van der Waals surface area contributed by atoms with Crippen molar-refractivity contribution in [2.45, 2.75) is 0 Å². The fourth-order valence-corrected chi connectivity index (χ4v) is 2.94. The molecule has 0 unspecified atom stereocenters. The maximum Gasteiger partial charge on any atom is 0.160 e. The quantitative estimate of drug-likeness (QED) is 0.510. The number of nitrogens with zero attached hydrogens (tertiary/aromatic N) is 3. The summed E-state index contributed by atoms with van der Waals surface area (Å²) >= 11 is 6.47. The van der Waals surface area contributed by atoms with E-state index in [1.165, 1.54) is 0 Å². The Labute approximate surface area is 132 Å². The van der Waals surface area contributed by atoms with Gasteiger partial charge in [0.25, 0.3) is 0 Å². The molecular formula is C17H12ClN3O. The molecule has 1 aromatic carbocycles. The zero-order valence-corrected chi connectivity index (χ0v) is 12.6. The van der Waals surface area contributed by atoms with Crippen LogP contribution in [0, 0.1) is 0 Å². The van der Waals surface area contributed by atoms with Crippen molar-refractivity contribution in [1.29, 1.82) is 0 Å². The summed E-state index contributed by atoms with van der Waals surface area (Å²) in [5.74, 6) is 0. The first-order valence-corrected chi connectivity index (χ1v) is 7.23. The molecule has 0 saturated carbocycles. The van der Waals surface area contributed by atoms with Crippen LogP contribution in [-0.2, 0) is 7.05 Å². The van der Waals surface area contributed by atoms with E-state index in [4.69, 9.17) is 16.0 Å². The number of aromatic nitrogens is 3. The van der Waals surface area contributed by atoms with Crippen LogP contribution in [0.2, 0.25) is 5.15 Å². The van der Waals surface area contributed by atoms with Crippen molar-refractivity contribution in [2.24, 2.45) is 7.05 Å². The van der Waals surface area contributed by atoms with Crippen molar-refractivity contribution < 1.29 is 4.42 Å². The average molecular weight is 310 g/mol. The van der Waals surface area contributed by atoms with E-state index in [0.717, 1.165) is 33.4 Å². The lowest BCUT2D eigenvalue weighted by atomic mass is 9.97. The monoisotopic (exact) mass is 309 g/mol. The third-order valence-electron chi connectivity index (χ3n) is 3.60. The van der Waals surface area contributed by atoms with E-state index in [-0.39, 0.29) is 0 Å². The van der Waals surface area contributed by atoms with E-state index in [9.17, 15) is 0 Å². The fourth-order valence-electron chi connectivity index (χ4n) is 2.65. The van der Waals surface area contributed by atoms with Crippen LogP contribution < -0.4 is 0 Å². The van der Waals surface area contributed by atoms with Crippen LogP contribution in [0.1, 0.15) is 0 Å². The van der Waals surface area contributed by atoms with Gasteiger partial charge in [-0.15, -0.1) is 0 Å². The summed E-state index contributed by atoms with van der Waals surface area (Å²) in [6.07, 6.45) is 5.33. The van der Waals surface area contributed by atoms with Gasteiger partial charge in [0.2, 0.25) is 0 Å². The van der Waals surface area contributed by atoms with Crippen LogP contribution >= 0.6 is 11.6 Å². The normalized spacial score (nSPS) is 11.2. The fraction of sp³-hybridized carbons (Fsp3) is 0.0588. The minimum atomic E-state index is 0.445. The second kappa shape index (κ2) is 5.00. The Morgan fingerprint density at radius 3 is 2.59 bits per heavy atom. The van der Waals surface area contributed by atoms with E-state index in [1.807, 2.05) is 49.6 Å². The van der Waals surface area contributed by atoms with Crippen molar-refractivity contribution in [3.8, 4) is 22.3 Å². The average Bonchev–Trinajstić information content (AvgIpc) is 3.15. The van der Waals surface area contributed by atoms with Gasteiger partial charge in [-0.1, -0.05) is 41.9 Å². The molecule has 108 valence electrons. The molecule has 0 aliphatic rings. The molecule has 0 radical (unpaired) electrons. The lowest BCUT2D eigenvalue weighted by molar-refractivity contribution is 0.616. The zero-order chi connectivity index (χ0) is 15.1. The number of benzene rings is 1. The summed E-state index contributed by atoms with van der Waals surface area (Å²) < 4.78 is 7.42. The summed E-state index contributed by atoms with van der Waals surface area (Å²) in [7, 11) is 1.87. The van der Waals surface area contributed by atoms with Crippen LogP contribution in [0.15, 0.2) is 59.5 Å². The predicted octanol–water partition coefficient (Wildman–Crippen LogP) is 4.55. The zero-order valence-electron chi connectivity index (χ0n) is 11.8. The van der Waals surface area contributed by atoms with Crippen molar-refractivity contribution in [1.82, 2.24) is 14.8 Å². The van der Waals surface area contributed by atoms with Gasteiger partial charge in [-0.05, 0) is 5.56 Å². The van der Waals surface area contributed by atoms with Crippen LogP contribution in [0.4, 0.5) is 0 Å². The smallest absolute Gasteiger partial charge is 0.160 e. The number of hydrogen-bond acceptors (Lipinski definition) is 3. The van der Waals surface area contributed by atoms with E-state index in [0.29, 0.717) is 5.15 Å². The molecule has 0 N–H and O–H groups in total. The standard InChI is InChI=1S/C17H12ClN3O/c1-21-10-12(9-19-21)15-14(11-5-3-2-4-6-11)16-13(7-8-22-16)20-17(15)18/h2-10H,1H3. The number of rotatable bonds is 2. The molecule has 3 heterocycles. The van der Waals surface area contributed by atoms with E-state index in [2.05, 4.69) is 10.1 Å². The van der Waals surface area contributed by atoms with E-state index in [1.54, 1.807) is 17.1 Å². The first-order chi connectivity index (χ1) is 10.7. The highest BCUT2D eigenvalue weighted by atomic mass is 35.5. The van der Waals surface area contributed by atoms with Gasteiger partial charge in [-0.2, -0.15) is 5.10 Å². The molecule has 0 fully saturated rings. The first kappa shape index (κ1) is 13.1. The molecule has 4 nitrogen and oxygen atoms in total. The lowest BCUT2D eigenvalue weighted by Gasteiger charge is -2.10. The highest BCUT2D eigenvalue weighted by Crippen LogP contribution is 2.41. The number of furan rings is 1. The highest BCUT2D eigenvalue weighted by molar-refractivity contribution is 6.33. The van der Waals surface area contributed by atoms with Gasteiger partial charge >= 0.3 is 0 Å². The Balaban J connectivity index is 2.13. The van der Waals surface area contributed by atoms with Gasteiger partial charge < -0.3 is 4.42 Å². The number of aryl methyl sites for hydroxylation is 1. The van der Waals surface area contributed by atoms with Gasteiger partial charge in [0.05, 0.1) is 12.5 Å². The minimum absolute atomic E-state index is 0.445. The molecule has 0 atom stereocenters. The second-order valence-electron chi connectivity index (χ2n) is 5.06. The lowest BCUT2D eigenvalue weighted by Crippen LogP contribution is -1.90. The van der Waals surface area contributed by atoms with E-state index < -0.39 is 0 Å². The third kappa shape index (κ3) is 2.00. The molecule has 4 rings (SSSR count). The minimum Gasteiger partial charge on any atom is -0.462 e. The number of fused-ring (bicyclic) bond motifs is 1. The summed E-state index contributed by atoms with van der Waals surface area (Å²) in [5, 5.41) is 4.68. The SMILES string of the molecule is Cn1cc(-c2c(Cl)nc3ccoc3c2-c2ccccc2)cn1. The maximum atomic E-state index is 6.47. The summed E-state index contributed by atoms with van der Waals surface area (Å²) in [6, 6.07) is 11.9. The Kier molecular flexibility index (Phi) is 2.98. The molecule has 0 aliphatic carbocycles. The molecule has 0 bridgehead atoms. The molecule has 0 amide bonds. The largest absolute Gasteiger partial charge is 0.462 e. The van der Waals surface area contributed by atoms with Crippen molar-refractivity contribution >= 4 is 22.7 Å². The summed E-state index contributed by atoms with van der Waals surface area (Å²) in [5.41, 5.74) is 5.20. The Hall–Kier alpha value is -2.59. The van der Waals surface area contributed by atoms with Gasteiger partial charge in [0, 0.05) is 36.0 Å². The van der Waals surface area contributed by atoms with Gasteiger partial charge in [0.1, 0.15) is 10.7 Å². The third-order valence-corrected chi connectivity index (χ3v) is 3.88. The van der Waals surface area contributed by atoms with Gasteiger partial charge in [-0.25, -0.2) is 4.98 Å². The van der Waals surface area contributed by atoms with Crippen LogP contribution in [0.5, 0.6) is 0 Å². The summed E-state index contributed by atoms with van der Waals surface area (Å²) in [4.78, 5) is 4.44. The molecule has 3 aromatic heterocycles. The van der Waals surface area contributed by atoms with Gasteiger partial charge in [-0.3, -0.25) is 4.68 Å². The predicted molar refractivity (Wildman–Crippen MR) is 86.7 cm³/mol.